The minimum absolute atomic E-state index is 0.102. The van der Waals surface area contributed by atoms with E-state index < -0.39 is 0 Å². The van der Waals surface area contributed by atoms with Gasteiger partial charge in [0.15, 0.2) is 0 Å². The largest absolute Gasteiger partial charge is 0.345 e. The van der Waals surface area contributed by atoms with E-state index in [0.29, 0.717) is 17.6 Å². The summed E-state index contributed by atoms with van der Waals surface area (Å²) < 4.78 is 5.31. The molecule has 0 aliphatic carbocycles. The molecule has 1 amide bonds. The van der Waals surface area contributed by atoms with Crippen molar-refractivity contribution < 1.29 is 9.32 Å². The highest BCUT2D eigenvalue weighted by Crippen LogP contribution is 2.23. The molecule has 1 aromatic carbocycles. The molecule has 1 N–H and O–H groups in total. The van der Waals surface area contributed by atoms with Crippen molar-refractivity contribution in [2.75, 3.05) is 0 Å². The Bertz CT molecular complexity index is 564. The predicted octanol–water partition coefficient (Wildman–Crippen LogP) is 2.96. The van der Waals surface area contributed by atoms with Gasteiger partial charge in [0.1, 0.15) is 6.04 Å². The van der Waals surface area contributed by atoms with Crippen molar-refractivity contribution in [3.63, 3.8) is 0 Å². The second-order valence-electron chi connectivity index (χ2n) is 5.20. The number of carbonyl (C=O) groups is 1. The van der Waals surface area contributed by atoms with Crippen LogP contribution in [0.4, 0.5) is 0 Å². The Labute approximate surface area is 118 Å². The molecule has 0 bridgehead atoms. The first-order valence-corrected chi connectivity index (χ1v) is 6.72. The zero-order chi connectivity index (χ0) is 14.5. The van der Waals surface area contributed by atoms with Crippen molar-refractivity contribution in [3.05, 3.63) is 36.2 Å². The van der Waals surface area contributed by atoms with Gasteiger partial charge in [-0.15, -0.1) is 0 Å². The third-order valence-electron chi connectivity index (χ3n) is 2.86. The Morgan fingerprint density at radius 1 is 1.30 bits per heavy atom. The summed E-state index contributed by atoms with van der Waals surface area (Å²) in [6.45, 7) is 5.66. The van der Waals surface area contributed by atoms with Crippen LogP contribution in [0.3, 0.4) is 0 Å². The van der Waals surface area contributed by atoms with Crippen LogP contribution in [0.25, 0.3) is 11.4 Å². The van der Waals surface area contributed by atoms with Crippen LogP contribution in [0, 0.1) is 5.92 Å². The van der Waals surface area contributed by atoms with Gasteiger partial charge in [0.05, 0.1) is 0 Å². The van der Waals surface area contributed by atoms with Crippen LogP contribution in [0.2, 0.25) is 0 Å². The molecule has 0 fully saturated rings. The molecule has 0 radical (unpaired) electrons. The molecular weight excluding hydrogens is 254 g/mol. The molecule has 0 aliphatic heterocycles. The first-order valence-electron chi connectivity index (χ1n) is 6.72. The second-order valence-corrected chi connectivity index (χ2v) is 5.20. The first-order chi connectivity index (χ1) is 9.56. The number of benzene rings is 1. The van der Waals surface area contributed by atoms with Gasteiger partial charge in [0.25, 0.3) is 0 Å². The fourth-order valence-corrected chi connectivity index (χ4v) is 2.02. The fourth-order valence-electron chi connectivity index (χ4n) is 2.02. The van der Waals surface area contributed by atoms with Crippen molar-refractivity contribution in [1.82, 2.24) is 15.5 Å². The second kappa shape index (κ2) is 6.32. The number of amides is 1. The number of aromatic nitrogens is 2. The smallest absolute Gasteiger partial charge is 0.249 e. The summed E-state index contributed by atoms with van der Waals surface area (Å²) in [5.74, 6) is 1.31. The number of nitrogens with one attached hydrogen (secondary N) is 1. The van der Waals surface area contributed by atoms with Crippen molar-refractivity contribution in [2.24, 2.45) is 5.92 Å². The monoisotopic (exact) mass is 273 g/mol. The number of hydrogen-bond donors (Lipinski definition) is 1. The van der Waals surface area contributed by atoms with Gasteiger partial charge in [-0.2, -0.15) is 4.98 Å². The molecular formula is C15H19N3O2. The third kappa shape index (κ3) is 3.66. The minimum Gasteiger partial charge on any atom is -0.345 e. The lowest BCUT2D eigenvalue weighted by molar-refractivity contribution is -0.120. The summed E-state index contributed by atoms with van der Waals surface area (Å²) in [7, 11) is 0. The van der Waals surface area contributed by atoms with Crippen LogP contribution in [-0.2, 0) is 4.79 Å². The number of nitrogens with zero attached hydrogens (tertiary/aromatic N) is 2. The van der Waals surface area contributed by atoms with Gasteiger partial charge >= 0.3 is 0 Å². The predicted molar refractivity (Wildman–Crippen MR) is 75.7 cm³/mol. The van der Waals surface area contributed by atoms with Crippen molar-refractivity contribution in [2.45, 2.75) is 33.2 Å². The Balaban J connectivity index is 2.22. The molecule has 1 aromatic heterocycles. The Morgan fingerprint density at radius 2 is 2.00 bits per heavy atom. The molecule has 0 spiro atoms. The van der Waals surface area contributed by atoms with Crippen LogP contribution >= 0.6 is 0 Å². The van der Waals surface area contributed by atoms with E-state index in [4.69, 9.17) is 4.52 Å². The van der Waals surface area contributed by atoms with E-state index in [-0.39, 0.29) is 11.9 Å². The highest BCUT2D eigenvalue weighted by Gasteiger charge is 2.21. The lowest BCUT2D eigenvalue weighted by Crippen LogP contribution is -2.27. The summed E-state index contributed by atoms with van der Waals surface area (Å²) in [6.07, 6.45) is 0.760. The maximum absolute atomic E-state index is 11.3. The van der Waals surface area contributed by atoms with Gasteiger partial charge in [-0.25, -0.2) is 0 Å². The molecule has 2 aromatic rings. The third-order valence-corrected chi connectivity index (χ3v) is 2.86. The molecule has 2 rings (SSSR count). The zero-order valence-corrected chi connectivity index (χ0v) is 12.0. The lowest BCUT2D eigenvalue weighted by Gasteiger charge is -2.15. The Kier molecular flexibility index (Phi) is 4.50. The minimum atomic E-state index is -0.238. The maximum Gasteiger partial charge on any atom is 0.249 e. The van der Waals surface area contributed by atoms with Gasteiger partial charge < -0.3 is 9.84 Å². The molecule has 5 nitrogen and oxygen atoms in total. The summed E-state index contributed by atoms with van der Waals surface area (Å²) in [6, 6.07) is 9.38. The van der Waals surface area contributed by atoms with Crippen molar-refractivity contribution >= 4 is 5.91 Å². The van der Waals surface area contributed by atoms with Gasteiger partial charge in [-0.3, -0.25) is 4.79 Å². The SMILES string of the molecule is CC(=O)N[C@@H](CC(C)C)c1nc(-c2ccccc2)no1. The van der Waals surface area contributed by atoms with Gasteiger partial charge in [0.2, 0.25) is 17.6 Å². The summed E-state index contributed by atoms with van der Waals surface area (Å²) in [5, 5.41) is 6.84. The van der Waals surface area contributed by atoms with E-state index in [0.717, 1.165) is 12.0 Å². The van der Waals surface area contributed by atoms with Crippen LogP contribution in [0.5, 0.6) is 0 Å². The van der Waals surface area contributed by atoms with Gasteiger partial charge in [-0.1, -0.05) is 49.3 Å². The maximum atomic E-state index is 11.3. The molecule has 0 saturated carbocycles. The number of rotatable bonds is 5. The summed E-state index contributed by atoms with van der Waals surface area (Å²) in [5.41, 5.74) is 0.897. The van der Waals surface area contributed by atoms with Gasteiger partial charge in [0, 0.05) is 12.5 Å². The molecule has 1 heterocycles. The summed E-state index contributed by atoms with van der Waals surface area (Å²) in [4.78, 5) is 15.7. The van der Waals surface area contributed by atoms with E-state index in [2.05, 4.69) is 29.3 Å². The van der Waals surface area contributed by atoms with E-state index >= 15 is 0 Å². The molecule has 1 atom stereocenters. The molecule has 20 heavy (non-hydrogen) atoms. The van der Waals surface area contributed by atoms with Crippen LogP contribution in [0.15, 0.2) is 34.9 Å². The highest BCUT2D eigenvalue weighted by atomic mass is 16.5. The van der Waals surface area contributed by atoms with Crippen LogP contribution < -0.4 is 5.32 Å². The Morgan fingerprint density at radius 3 is 2.60 bits per heavy atom. The van der Waals surface area contributed by atoms with E-state index in [1.165, 1.54) is 6.92 Å². The summed E-state index contributed by atoms with van der Waals surface area (Å²) >= 11 is 0. The zero-order valence-electron chi connectivity index (χ0n) is 12.0. The standard InChI is InChI=1S/C15H19N3O2/c1-10(2)9-13(16-11(3)19)15-17-14(18-20-15)12-7-5-4-6-8-12/h4-8,10,13H,9H2,1-3H3,(H,16,19)/t13-/m0/s1. The van der Waals surface area contributed by atoms with Gasteiger partial charge in [-0.05, 0) is 12.3 Å². The van der Waals surface area contributed by atoms with Crippen molar-refractivity contribution in [1.29, 1.82) is 0 Å². The van der Waals surface area contributed by atoms with E-state index in [9.17, 15) is 4.79 Å². The molecule has 0 aliphatic rings. The van der Waals surface area contributed by atoms with Crippen molar-refractivity contribution in [3.8, 4) is 11.4 Å². The average Bonchev–Trinajstić information content (AvgIpc) is 2.87. The number of carbonyl (C=O) groups excluding carboxylic acids is 1. The Hall–Kier alpha value is -2.17. The highest BCUT2D eigenvalue weighted by molar-refractivity contribution is 5.73. The normalized spacial score (nSPS) is 12.4. The fraction of sp³-hybridized carbons (Fsp3) is 0.400. The average molecular weight is 273 g/mol. The van der Waals surface area contributed by atoms with Crippen LogP contribution in [0.1, 0.15) is 39.1 Å². The molecule has 0 saturated heterocycles. The lowest BCUT2D eigenvalue weighted by atomic mass is 10.0. The first kappa shape index (κ1) is 14.2. The molecule has 5 heteroatoms. The van der Waals surface area contributed by atoms with Crippen LogP contribution in [-0.4, -0.2) is 16.0 Å². The number of hydrogen-bond acceptors (Lipinski definition) is 4. The molecule has 106 valence electrons. The van der Waals surface area contributed by atoms with E-state index in [1.807, 2.05) is 30.3 Å². The van der Waals surface area contributed by atoms with E-state index in [1.54, 1.807) is 0 Å². The topological polar surface area (TPSA) is 68.0 Å². The quantitative estimate of drug-likeness (QED) is 0.909. The molecule has 0 unspecified atom stereocenters.